The lowest BCUT2D eigenvalue weighted by atomic mass is 10.1. The van der Waals surface area contributed by atoms with E-state index in [0.29, 0.717) is 22.2 Å². The molecule has 0 saturated carbocycles. The van der Waals surface area contributed by atoms with Crippen LogP contribution in [0.4, 0.5) is 5.69 Å². The zero-order valence-corrected chi connectivity index (χ0v) is 14.9. The van der Waals surface area contributed by atoms with Crippen LogP contribution in [0.15, 0.2) is 57.5 Å². The maximum Gasteiger partial charge on any atom is 0.277 e. The van der Waals surface area contributed by atoms with Gasteiger partial charge in [-0.3, -0.25) is 4.79 Å². The molecule has 1 aromatic heterocycles. The first-order valence-corrected chi connectivity index (χ1v) is 8.11. The van der Waals surface area contributed by atoms with Crippen LogP contribution in [0.3, 0.4) is 0 Å². The fourth-order valence-corrected chi connectivity index (χ4v) is 2.53. The van der Waals surface area contributed by atoms with Gasteiger partial charge in [0.2, 0.25) is 0 Å². The van der Waals surface area contributed by atoms with Gasteiger partial charge in [0.25, 0.3) is 5.91 Å². The molecule has 0 radical (unpaired) electrons. The molecule has 0 aliphatic rings. The van der Waals surface area contributed by atoms with Crippen molar-refractivity contribution in [3.05, 3.63) is 63.7 Å². The zero-order valence-electron chi connectivity index (χ0n) is 12.5. The summed E-state index contributed by atoms with van der Waals surface area (Å²) in [6.07, 6.45) is 0. The molecule has 0 bridgehead atoms. The predicted molar refractivity (Wildman–Crippen MR) is 95.6 cm³/mol. The number of methoxy groups -OCH3 is 1. The maximum absolute atomic E-state index is 12.4. The van der Waals surface area contributed by atoms with Crippen molar-refractivity contribution in [3.8, 4) is 17.1 Å². The standard InChI is InChI=1S/C17H12BrClN2O3/c1-23-15-7-6-12(19)8-13(15)20-17(22)14-9-16(24-21-14)10-2-4-11(18)5-3-10/h2-9H,1H3,(H,20,22). The van der Waals surface area contributed by atoms with Crippen molar-refractivity contribution in [3.63, 3.8) is 0 Å². The summed E-state index contributed by atoms with van der Waals surface area (Å²) in [6.45, 7) is 0. The van der Waals surface area contributed by atoms with E-state index in [1.807, 2.05) is 24.3 Å². The summed E-state index contributed by atoms with van der Waals surface area (Å²) in [6, 6.07) is 14.0. The number of ether oxygens (including phenoxy) is 1. The number of hydrogen-bond acceptors (Lipinski definition) is 4. The van der Waals surface area contributed by atoms with Crippen LogP contribution < -0.4 is 10.1 Å². The molecule has 0 atom stereocenters. The molecule has 7 heteroatoms. The number of amides is 1. The second-order valence-electron chi connectivity index (χ2n) is 4.88. The molecule has 2 aromatic carbocycles. The molecule has 1 N–H and O–H groups in total. The fraction of sp³-hybridized carbons (Fsp3) is 0.0588. The third-order valence-electron chi connectivity index (χ3n) is 3.28. The molecular weight excluding hydrogens is 396 g/mol. The minimum Gasteiger partial charge on any atom is -0.495 e. The third-order valence-corrected chi connectivity index (χ3v) is 4.05. The van der Waals surface area contributed by atoms with E-state index < -0.39 is 5.91 Å². The maximum atomic E-state index is 12.4. The molecule has 1 heterocycles. The third kappa shape index (κ3) is 3.60. The second kappa shape index (κ2) is 7.07. The Morgan fingerprint density at radius 1 is 1.21 bits per heavy atom. The van der Waals surface area contributed by atoms with Gasteiger partial charge < -0.3 is 14.6 Å². The van der Waals surface area contributed by atoms with E-state index >= 15 is 0 Å². The summed E-state index contributed by atoms with van der Waals surface area (Å²) in [5.41, 5.74) is 1.45. The number of nitrogens with zero attached hydrogens (tertiary/aromatic N) is 1. The lowest BCUT2D eigenvalue weighted by Crippen LogP contribution is -2.12. The van der Waals surface area contributed by atoms with Gasteiger partial charge >= 0.3 is 0 Å². The molecule has 0 spiro atoms. The van der Waals surface area contributed by atoms with Crippen LogP contribution in [0.5, 0.6) is 5.75 Å². The van der Waals surface area contributed by atoms with Crippen LogP contribution in [0.1, 0.15) is 10.5 Å². The van der Waals surface area contributed by atoms with E-state index in [1.165, 1.54) is 7.11 Å². The summed E-state index contributed by atoms with van der Waals surface area (Å²) in [7, 11) is 1.51. The fourth-order valence-electron chi connectivity index (χ4n) is 2.10. The number of rotatable bonds is 4. The van der Waals surface area contributed by atoms with Crippen molar-refractivity contribution >= 4 is 39.1 Å². The van der Waals surface area contributed by atoms with Gasteiger partial charge in [0, 0.05) is 21.1 Å². The molecule has 0 unspecified atom stereocenters. The van der Waals surface area contributed by atoms with E-state index in [9.17, 15) is 4.79 Å². The van der Waals surface area contributed by atoms with Gasteiger partial charge in [-0.1, -0.05) is 44.8 Å². The molecule has 0 aliphatic carbocycles. The van der Waals surface area contributed by atoms with Crippen molar-refractivity contribution in [2.24, 2.45) is 0 Å². The van der Waals surface area contributed by atoms with E-state index in [0.717, 1.165) is 10.0 Å². The Morgan fingerprint density at radius 2 is 1.96 bits per heavy atom. The molecule has 3 aromatic rings. The van der Waals surface area contributed by atoms with Gasteiger partial charge in [0.05, 0.1) is 12.8 Å². The molecule has 3 rings (SSSR count). The number of hydrogen-bond donors (Lipinski definition) is 1. The van der Waals surface area contributed by atoms with E-state index in [-0.39, 0.29) is 5.69 Å². The zero-order chi connectivity index (χ0) is 17.1. The molecule has 0 aliphatic heterocycles. The summed E-state index contributed by atoms with van der Waals surface area (Å²) >= 11 is 9.33. The number of benzene rings is 2. The van der Waals surface area contributed by atoms with Gasteiger partial charge in [-0.2, -0.15) is 0 Å². The van der Waals surface area contributed by atoms with Crippen LogP contribution in [0.2, 0.25) is 5.02 Å². The molecule has 5 nitrogen and oxygen atoms in total. The quantitative estimate of drug-likeness (QED) is 0.659. The Kier molecular flexibility index (Phi) is 4.87. The van der Waals surface area contributed by atoms with Gasteiger partial charge in [0.15, 0.2) is 11.5 Å². The number of aromatic nitrogens is 1. The van der Waals surface area contributed by atoms with Gasteiger partial charge in [-0.05, 0) is 30.3 Å². The van der Waals surface area contributed by atoms with E-state index in [4.69, 9.17) is 20.9 Å². The molecule has 0 saturated heterocycles. The minimum absolute atomic E-state index is 0.162. The molecule has 0 fully saturated rings. The summed E-state index contributed by atoms with van der Waals surface area (Å²) < 4.78 is 11.4. The summed E-state index contributed by atoms with van der Waals surface area (Å²) in [5, 5.41) is 7.02. The number of nitrogens with one attached hydrogen (secondary N) is 1. The lowest BCUT2D eigenvalue weighted by Gasteiger charge is -2.09. The van der Waals surface area contributed by atoms with Crippen molar-refractivity contribution in [1.29, 1.82) is 0 Å². The molecule has 122 valence electrons. The Hall–Kier alpha value is -2.31. The highest BCUT2D eigenvalue weighted by molar-refractivity contribution is 9.10. The first kappa shape index (κ1) is 16.5. The summed E-state index contributed by atoms with van der Waals surface area (Å²) in [4.78, 5) is 12.4. The lowest BCUT2D eigenvalue weighted by molar-refractivity contribution is 0.101. The van der Waals surface area contributed by atoms with Crippen molar-refractivity contribution in [2.75, 3.05) is 12.4 Å². The Balaban J connectivity index is 1.81. The van der Waals surface area contributed by atoms with Crippen LogP contribution in [-0.2, 0) is 0 Å². The average molecular weight is 408 g/mol. The van der Waals surface area contributed by atoms with Crippen LogP contribution >= 0.6 is 27.5 Å². The Bertz CT molecular complexity index is 878. The second-order valence-corrected chi connectivity index (χ2v) is 6.23. The topological polar surface area (TPSA) is 64.4 Å². The number of carbonyl (C=O) groups is 1. The SMILES string of the molecule is COc1ccc(Cl)cc1NC(=O)c1cc(-c2ccc(Br)cc2)on1. The largest absolute Gasteiger partial charge is 0.495 e. The summed E-state index contributed by atoms with van der Waals surface area (Å²) in [5.74, 6) is 0.595. The first-order valence-electron chi connectivity index (χ1n) is 6.94. The van der Waals surface area contributed by atoms with E-state index in [1.54, 1.807) is 24.3 Å². The number of anilines is 1. The van der Waals surface area contributed by atoms with Crippen molar-refractivity contribution in [2.45, 2.75) is 0 Å². The van der Waals surface area contributed by atoms with E-state index in [2.05, 4.69) is 26.4 Å². The molecular formula is C17H12BrClN2O3. The van der Waals surface area contributed by atoms with Crippen molar-refractivity contribution in [1.82, 2.24) is 5.16 Å². The molecule has 24 heavy (non-hydrogen) atoms. The van der Waals surface area contributed by atoms with Crippen LogP contribution in [0.25, 0.3) is 11.3 Å². The smallest absolute Gasteiger partial charge is 0.277 e. The van der Waals surface area contributed by atoms with Gasteiger partial charge in [0.1, 0.15) is 5.75 Å². The van der Waals surface area contributed by atoms with Crippen LogP contribution in [-0.4, -0.2) is 18.2 Å². The Labute approximate surface area is 151 Å². The van der Waals surface area contributed by atoms with Crippen LogP contribution in [0, 0.1) is 0 Å². The number of carbonyl (C=O) groups excluding carboxylic acids is 1. The van der Waals surface area contributed by atoms with Gasteiger partial charge in [-0.25, -0.2) is 0 Å². The monoisotopic (exact) mass is 406 g/mol. The Morgan fingerprint density at radius 3 is 2.67 bits per heavy atom. The average Bonchev–Trinajstić information content (AvgIpc) is 3.06. The predicted octanol–water partition coefficient (Wildman–Crippen LogP) is 5.02. The van der Waals surface area contributed by atoms with Crippen molar-refractivity contribution < 1.29 is 14.1 Å². The number of halogens is 2. The normalized spacial score (nSPS) is 10.5. The highest BCUT2D eigenvalue weighted by atomic mass is 79.9. The highest BCUT2D eigenvalue weighted by Gasteiger charge is 2.16. The minimum atomic E-state index is -0.414. The highest BCUT2D eigenvalue weighted by Crippen LogP contribution is 2.28. The first-order chi connectivity index (χ1) is 11.6. The molecule has 1 amide bonds. The van der Waals surface area contributed by atoms with Gasteiger partial charge in [-0.15, -0.1) is 0 Å².